The molecule has 6 rings (SSSR count). The van der Waals surface area contributed by atoms with E-state index < -0.39 is 0 Å². The molecule has 2 atom stereocenters. The zero-order valence-corrected chi connectivity index (χ0v) is 19.8. The highest BCUT2D eigenvalue weighted by Gasteiger charge is 2.35. The smallest absolute Gasteiger partial charge is 0.317 e. The molecule has 2 unspecified atom stereocenters. The number of likely N-dealkylation sites (N-methyl/N-ethyl adjacent to an activating group) is 1. The van der Waals surface area contributed by atoms with Gasteiger partial charge in [0.2, 0.25) is 0 Å². The van der Waals surface area contributed by atoms with Crippen molar-refractivity contribution in [2.24, 2.45) is 0 Å². The molecule has 0 spiro atoms. The molecule has 2 N–H and O–H groups in total. The number of urea groups is 1. The molecule has 4 heterocycles. The zero-order chi connectivity index (χ0) is 23.2. The van der Waals surface area contributed by atoms with Crippen LogP contribution in [0.4, 0.5) is 4.79 Å². The fraction of sp³-hybridized carbons (Fsp3) is 0.407. The van der Waals surface area contributed by atoms with Crippen molar-refractivity contribution in [3.05, 3.63) is 70.4 Å². The molecule has 2 amide bonds. The number of nitrogens with zero attached hydrogens (tertiary/aromatic N) is 3. The van der Waals surface area contributed by atoms with Crippen molar-refractivity contribution >= 4 is 6.03 Å². The van der Waals surface area contributed by atoms with Gasteiger partial charge in [0, 0.05) is 55.2 Å². The van der Waals surface area contributed by atoms with Gasteiger partial charge in [-0.05, 0) is 48.9 Å². The molecule has 1 fully saturated rings. The van der Waals surface area contributed by atoms with Crippen molar-refractivity contribution in [3.8, 4) is 17.0 Å². The summed E-state index contributed by atoms with van der Waals surface area (Å²) in [6, 6.07) is 14.9. The van der Waals surface area contributed by atoms with E-state index in [2.05, 4.69) is 70.8 Å². The maximum atomic E-state index is 13.4. The highest BCUT2D eigenvalue weighted by molar-refractivity contribution is 5.76. The number of aromatic amines is 1. The molecule has 0 radical (unpaired) electrons. The van der Waals surface area contributed by atoms with E-state index in [9.17, 15) is 4.79 Å². The predicted molar refractivity (Wildman–Crippen MR) is 131 cm³/mol. The third kappa shape index (κ3) is 3.74. The Labute approximate surface area is 200 Å². The Morgan fingerprint density at radius 1 is 1.18 bits per heavy atom. The highest BCUT2D eigenvalue weighted by atomic mass is 16.5. The van der Waals surface area contributed by atoms with E-state index in [0.717, 1.165) is 60.8 Å². The van der Waals surface area contributed by atoms with Gasteiger partial charge >= 0.3 is 6.03 Å². The van der Waals surface area contributed by atoms with Gasteiger partial charge in [-0.25, -0.2) is 4.79 Å². The molecule has 1 aromatic heterocycles. The van der Waals surface area contributed by atoms with Crippen LogP contribution in [0.3, 0.4) is 0 Å². The SMILES string of the molecule is Cc1ccccc1C1CN(C)CC1NC(=O)N1CCc2[nH]nc(-c3ccc4c(c3)CCO4)c2C1. The van der Waals surface area contributed by atoms with Gasteiger partial charge in [-0.1, -0.05) is 24.3 Å². The van der Waals surface area contributed by atoms with Crippen molar-refractivity contribution in [2.45, 2.75) is 38.3 Å². The van der Waals surface area contributed by atoms with Crippen LogP contribution in [-0.4, -0.2) is 65.4 Å². The fourth-order valence-electron chi connectivity index (χ4n) is 5.76. The van der Waals surface area contributed by atoms with Crippen molar-refractivity contribution in [2.75, 3.05) is 33.3 Å². The van der Waals surface area contributed by atoms with Crippen LogP contribution in [0, 0.1) is 6.92 Å². The number of aryl methyl sites for hydroxylation is 1. The van der Waals surface area contributed by atoms with Crippen LogP contribution < -0.4 is 10.1 Å². The van der Waals surface area contributed by atoms with Crippen LogP contribution in [0.5, 0.6) is 5.75 Å². The number of carbonyl (C=O) groups excluding carboxylic acids is 1. The van der Waals surface area contributed by atoms with E-state index >= 15 is 0 Å². The summed E-state index contributed by atoms with van der Waals surface area (Å²) in [5, 5.41) is 11.2. The Morgan fingerprint density at radius 2 is 2.06 bits per heavy atom. The Hall–Kier alpha value is -3.32. The first-order chi connectivity index (χ1) is 16.6. The van der Waals surface area contributed by atoms with Crippen LogP contribution in [0.25, 0.3) is 11.3 Å². The third-order valence-electron chi connectivity index (χ3n) is 7.58. The molecular formula is C27H31N5O2. The molecule has 34 heavy (non-hydrogen) atoms. The van der Waals surface area contributed by atoms with E-state index in [1.807, 2.05) is 11.0 Å². The van der Waals surface area contributed by atoms with E-state index in [1.165, 1.54) is 16.7 Å². The number of likely N-dealkylation sites (tertiary alicyclic amines) is 1. The number of aromatic nitrogens is 2. The van der Waals surface area contributed by atoms with E-state index in [4.69, 9.17) is 4.74 Å². The molecule has 3 aliphatic heterocycles. The minimum atomic E-state index is 0.0130. The highest BCUT2D eigenvalue weighted by Crippen LogP contribution is 2.34. The largest absolute Gasteiger partial charge is 0.493 e. The standard InChI is InChI=1S/C27H31N5O2/c1-17-5-3-4-6-20(17)21-14-31(2)16-24(21)28-27(33)32-11-9-23-22(15-32)26(30-29-23)19-7-8-25-18(13-19)10-12-34-25/h3-8,13,21,24H,9-12,14-16H2,1-2H3,(H,28,33)(H,29,30). The zero-order valence-electron chi connectivity index (χ0n) is 19.8. The molecule has 0 bridgehead atoms. The molecular weight excluding hydrogens is 426 g/mol. The van der Waals surface area contributed by atoms with Crippen molar-refractivity contribution in [3.63, 3.8) is 0 Å². The summed E-state index contributed by atoms with van der Waals surface area (Å²) in [6.45, 7) is 5.97. The summed E-state index contributed by atoms with van der Waals surface area (Å²) >= 11 is 0. The summed E-state index contributed by atoms with van der Waals surface area (Å²) in [7, 11) is 2.13. The Kier molecular flexibility index (Phi) is 5.29. The number of H-pyrrole nitrogens is 1. The summed E-state index contributed by atoms with van der Waals surface area (Å²) in [4.78, 5) is 17.6. The molecule has 2 aromatic carbocycles. The molecule has 3 aromatic rings. The summed E-state index contributed by atoms with van der Waals surface area (Å²) in [5.74, 6) is 1.27. The van der Waals surface area contributed by atoms with Crippen molar-refractivity contribution in [1.29, 1.82) is 0 Å². The first-order valence-electron chi connectivity index (χ1n) is 12.2. The molecule has 7 nitrogen and oxygen atoms in total. The van der Waals surface area contributed by atoms with Crippen molar-refractivity contribution in [1.82, 2.24) is 25.3 Å². The lowest BCUT2D eigenvalue weighted by Crippen LogP contribution is -2.48. The van der Waals surface area contributed by atoms with Gasteiger partial charge in [0.05, 0.1) is 24.9 Å². The lowest BCUT2D eigenvalue weighted by molar-refractivity contribution is 0.187. The molecule has 176 valence electrons. The lowest BCUT2D eigenvalue weighted by atomic mass is 9.91. The van der Waals surface area contributed by atoms with Gasteiger partial charge in [-0.3, -0.25) is 5.10 Å². The van der Waals surface area contributed by atoms with E-state index in [1.54, 1.807) is 0 Å². The lowest BCUT2D eigenvalue weighted by Gasteiger charge is -2.30. The molecule has 0 aliphatic carbocycles. The Morgan fingerprint density at radius 3 is 2.94 bits per heavy atom. The first-order valence-corrected chi connectivity index (χ1v) is 12.2. The van der Waals surface area contributed by atoms with E-state index in [0.29, 0.717) is 19.0 Å². The predicted octanol–water partition coefficient (Wildman–Crippen LogP) is 3.49. The van der Waals surface area contributed by atoms with Gasteiger partial charge in [0.1, 0.15) is 5.75 Å². The molecule has 0 saturated carbocycles. The van der Waals surface area contributed by atoms with E-state index in [-0.39, 0.29) is 12.1 Å². The van der Waals surface area contributed by atoms with Crippen molar-refractivity contribution < 1.29 is 9.53 Å². The number of carbonyl (C=O) groups is 1. The van der Waals surface area contributed by atoms with Gasteiger partial charge in [-0.15, -0.1) is 0 Å². The average molecular weight is 458 g/mol. The molecule has 3 aliphatic rings. The average Bonchev–Trinajstić information content (AvgIpc) is 3.56. The van der Waals surface area contributed by atoms with Crippen LogP contribution in [-0.2, 0) is 19.4 Å². The minimum Gasteiger partial charge on any atom is -0.493 e. The van der Waals surface area contributed by atoms with Gasteiger partial charge in [0.15, 0.2) is 0 Å². The summed E-state index contributed by atoms with van der Waals surface area (Å²) in [6.07, 6.45) is 1.72. The quantitative estimate of drug-likeness (QED) is 0.632. The Bertz CT molecular complexity index is 1240. The van der Waals surface area contributed by atoms with Gasteiger partial charge in [0.25, 0.3) is 0 Å². The second-order valence-electron chi connectivity index (χ2n) is 9.86. The number of fused-ring (bicyclic) bond motifs is 2. The molecule has 1 saturated heterocycles. The van der Waals surface area contributed by atoms with Crippen LogP contribution in [0.15, 0.2) is 42.5 Å². The van der Waals surface area contributed by atoms with Crippen LogP contribution in [0.1, 0.15) is 33.9 Å². The topological polar surface area (TPSA) is 73.5 Å². The van der Waals surface area contributed by atoms with Gasteiger partial charge in [-0.2, -0.15) is 5.10 Å². The summed E-state index contributed by atoms with van der Waals surface area (Å²) in [5.41, 5.74) is 8.13. The second kappa shape index (κ2) is 8.47. The summed E-state index contributed by atoms with van der Waals surface area (Å²) < 4.78 is 5.66. The number of nitrogens with one attached hydrogen (secondary N) is 2. The Balaban J connectivity index is 1.20. The number of benzene rings is 2. The van der Waals surface area contributed by atoms with Gasteiger partial charge < -0.3 is 19.9 Å². The third-order valence-corrected chi connectivity index (χ3v) is 7.58. The number of rotatable bonds is 3. The number of amides is 2. The second-order valence-corrected chi connectivity index (χ2v) is 9.86. The maximum Gasteiger partial charge on any atom is 0.317 e. The number of hydrogen-bond donors (Lipinski definition) is 2. The van der Waals surface area contributed by atoms with Crippen LogP contribution in [0.2, 0.25) is 0 Å². The number of ether oxygens (including phenoxy) is 1. The monoisotopic (exact) mass is 457 g/mol. The molecule has 7 heteroatoms. The van der Waals surface area contributed by atoms with Crippen LogP contribution >= 0.6 is 0 Å². The number of hydrogen-bond acceptors (Lipinski definition) is 4. The normalized spacial score (nSPS) is 21.8. The fourth-order valence-corrected chi connectivity index (χ4v) is 5.76. The maximum absolute atomic E-state index is 13.4. The first kappa shape index (κ1) is 21.2. The minimum absolute atomic E-state index is 0.0130.